The second-order valence-electron chi connectivity index (χ2n) is 5.96. The van der Waals surface area contributed by atoms with Crippen LogP contribution in [0.5, 0.6) is 5.75 Å². The van der Waals surface area contributed by atoms with Crippen molar-refractivity contribution in [2.24, 2.45) is 0 Å². The zero-order valence-electron chi connectivity index (χ0n) is 13.5. The van der Waals surface area contributed by atoms with Gasteiger partial charge in [-0.3, -0.25) is 4.79 Å². The molecule has 3 rings (SSSR count). The maximum absolute atomic E-state index is 12.7. The summed E-state index contributed by atoms with van der Waals surface area (Å²) >= 11 is 0. The topological polar surface area (TPSA) is 42.7 Å². The third kappa shape index (κ3) is 3.58. The second kappa shape index (κ2) is 7.36. The van der Waals surface area contributed by atoms with Crippen LogP contribution in [0.1, 0.15) is 42.9 Å². The molecule has 0 radical (unpaired) electrons. The normalized spacial score (nSPS) is 16.1. The van der Waals surface area contributed by atoms with Gasteiger partial charge in [0.2, 0.25) is 5.91 Å². The lowest BCUT2D eigenvalue weighted by atomic mass is 9.91. The lowest BCUT2D eigenvalue weighted by Crippen LogP contribution is -2.36. The molecule has 2 heterocycles. The fourth-order valence-electron chi connectivity index (χ4n) is 3.25. The van der Waals surface area contributed by atoms with Crippen molar-refractivity contribution >= 4 is 5.91 Å². The first-order valence-corrected chi connectivity index (χ1v) is 8.23. The number of hydrogen-bond donors (Lipinski definition) is 0. The smallest absolute Gasteiger partial charge is 0.223 e. The predicted octanol–water partition coefficient (Wildman–Crippen LogP) is 3.82. The zero-order valence-corrected chi connectivity index (χ0v) is 13.5. The van der Waals surface area contributed by atoms with E-state index < -0.39 is 0 Å². The molecule has 0 spiro atoms. The van der Waals surface area contributed by atoms with Crippen molar-refractivity contribution in [3.8, 4) is 5.75 Å². The minimum atomic E-state index is -0.115. The molecule has 2 aromatic rings. The Bertz CT molecular complexity index is 630. The first-order chi connectivity index (χ1) is 11.3. The summed E-state index contributed by atoms with van der Waals surface area (Å²) in [5.41, 5.74) is 0.996. The molecule has 23 heavy (non-hydrogen) atoms. The van der Waals surface area contributed by atoms with Gasteiger partial charge in [-0.1, -0.05) is 18.2 Å². The van der Waals surface area contributed by atoms with Crippen LogP contribution < -0.4 is 4.74 Å². The van der Waals surface area contributed by atoms with Crippen molar-refractivity contribution < 1.29 is 13.9 Å². The fraction of sp³-hybridized carbons (Fsp3) is 0.421. The Kier molecular flexibility index (Phi) is 5.01. The summed E-state index contributed by atoms with van der Waals surface area (Å²) in [5.74, 6) is 1.67. The largest absolute Gasteiger partial charge is 0.496 e. The quantitative estimate of drug-likeness (QED) is 0.842. The first kappa shape index (κ1) is 15.7. The van der Waals surface area contributed by atoms with Gasteiger partial charge in [0.1, 0.15) is 11.5 Å². The summed E-state index contributed by atoms with van der Waals surface area (Å²) in [6.45, 7) is 1.74. The van der Waals surface area contributed by atoms with E-state index in [1.54, 1.807) is 13.4 Å². The Labute approximate surface area is 137 Å². The minimum absolute atomic E-state index is 0.115. The molecule has 1 aliphatic heterocycles. The molecule has 0 unspecified atom stereocenters. The van der Waals surface area contributed by atoms with Crippen LogP contribution >= 0.6 is 0 Å². The Balaban J connectivity index is 1.86. The van der Waals surface area contributed by atoms with E-state index in [0.717, 1.165) is 43.0 Å². The van der Waals surface area contributed by atoms with Crippen molar-refractivity contribution in [1.82, 2.24) is 4.90 Å². The summed E-state index contributed by atoms with van der Waals surface area (Å²) in [7, 11) is 1.66. The highest BCUT2D eigenvalue weighted by molar-refractivity contribution is 5.78. The first-order valence-electron chi connectivity index (χ1n) is 8.23. The molecule has 1 aromatic carbocycles. The highest BCUT2D eigenvalue weighted by atomic mass is 16.5. The van der Waals surface area contributed by atoms with Crippen LogP contribution in [0.15, 0.2) is 47.1 Å². The number of benzene rings is 1. The van der Waals surface area contributed by atoms with Gasteiger partial charge in [0.05, 0.1) is 19.3 Å². The Morgan fingerprint density at radius 2 is 1.96 bits per heavy atom. The second-order valence-corrected chi connectivity index (χ2v) is 5.96. The molecular weight excluding hydrogens is 290 g/mol. The van der Waals surface area contributed by atoms with Gasteiger partial charge < -0.3 is 14.1 Å². The number of amides is 1. The molecule has 122 valence electrons. The van der Waals surface area contributed by atoms with Gasteiger partial charge in [0, 0.05) is 25.1 Å². The van der Waals surface area contributed by atoms with E-state index in [2.05, 4.69) is 0 Å². The summed E-state index contributed by atoms with van der Waals surface area (Å²) in [5, 5.41) is 0. The molecule has 0 saturated carbocycles. The lowest BCUT2D eigenvalue weighted by molar-refractivity contribution is -0.132. The third-order valence-electron chi connectivity index (χ3n) is 4.49. The van der Waals surface area contributed by atoms with E-state index in [0.29, 0.717) is 6.42 Å². The highest BCUT2D eigenvalue weighted by Crippen LogP contribution is 2.35. The summed E-state index contributed by atoms with van der Waals surface area (Å²) in [6, 6.07) is 11.6. The van der Waals surface area contributed by atoms with Gasteiger partial charge >= 0.3 is 0 Å². The summed E-state index contributed by atoms with van der Waals surface area (Å²) in [6.07, 6.45) is 5.49. The fourth-order valence-corrected chi connectivity index (χ4v) is 3.25. The maximum atomic E-state index is 12.7. The lowest BCUT2D eigenvalue weighted by Gasteiger charge is -2.28. The molecular formula is C19H23NO3. The van der Waals surface area contributed by atoms with E-state index >= 15 is 0 Å². The van der Waals surface area contributed by atoms with E-state index in [4.69, 9.17) is 9.15 Å². The van der Waals surface area contributed by atoms with Gasteiger partial charge in [0.15, 0.2) is 0 Å². The van der Waals surface area contributed by atoms with Crippen molar-refractivity contribution in [3.63, 3.8) is 0 Å². The number of para-hydroxylation sites is 1. The number of piperidine rings is 1. The molecule has 1 saturated heterocycles. The Morgan fingerprint density at radius 3 is 2.65 bits per heavy atom. The molecule has 1 amide bonds. The molecule has 1 fully saturated rings. The molecule has 0 bridgehead atoms. The number of furan rings is 1. The van der Waals surface area contributed by atoms with Gasteiger partial charge in [-0.2, -0.15) is 0 Å². The van der Waals surface area contributed by atoms with Crippen LogP contribution in [-0.4, -0.2) is 31.0 Å². The molecule has 0 N–H and O–H groups in total. The molecule has 1 aromatic heterocycles. The third-order valence-corrected chi connectivity index (χ3v) is 4.49. The molecule has 4 heteroatoms. The van der Waals surface area contributed by atoms with Crippen LogP contribution in [0.4, 0.5) is 0 Å². The Hall–Kier alpha value is -2.23. The predicted molar refractivity (Wildman–Crippen MR) is 88.6 cm³/mol. The number of rotatable bonds is 5. The molecule has 1 aliphatic rings. The number of hydrogen-bond acceptors (Lipinski definition) is 3. The van der Waals surface area contributed by atoms with E-state index in [1.165, 1.54) is 6.42 Å². The maximum Gasteiger partial charge on any atom is 0.223 e. The summed E-state index contributed by atoms with van der Waals surface area (Å²) < 4.78 is 11.1. The molecule has 1 atom stereocenters. The van der Waals surface area contributed by atoms with Crippen molar-refractivity contribution in [2.75, 3.05) is 20.2 Å². The highest BCUT2D eigenvalue weighted by Gasteiger charge is 2.26. The van der Waals surface area contributed by atoms with Crippen molar-refractivity contribution in [3.05, 3.63) is 54.0 Å². The van der Waals surface area contributed by atoms with Gasteiger partial charge in [-0.15, -0.1) is 0 Å². The standard InChI is InChI=1S/C19H23NO3/c1-22-17-9-4-3-8-15(17)16(18-10-7-13-23-18)14-19(21)20-11-5-2-6-12-20/h3-4,7-10,13,16H,2,5-6,11-12,14H2,1H3/t16-/m1/s1. The average Bonchev–Trinajstić information content (AvgIpc) is 3.14. The van der Waals surface area contributed by atoms with Crippen molar-refractivity contribution in [2.45, 2.75) is 31.6 Å². The summed E-state index contributed by atoms with van der Waals surface area (Å²) in [4.78, 5) is 14.7. The minimum Gasteiger partial charge on any atom is -0.496 e. The van der Waals surface area contributed by atoms with E-state index in [9.17, 15) is 4.79 Å². The van der Waals surface area contributed by atoms with E-state index in [-0.39, 0.29) is 11.8 Å². The van der Waals surface area contributed by atoms with Gasteiger partial charge in [-0.25, -0.2) is 0 Å². The van der Waals surface area contributed by atoms with Crippen LogP contribution in [-0.2, 0) is 4.79 Å². The molecule has 4 nitrogen and oxygen atoms in total. The molecule has 0 aliphatic carbocycles. The number of nitrogens with zero attached hydrogens (tertiary/aromatic N) is 1. The number of likely N-dealkylation sites (tertiary alicyclic amines) is 1. The zero-order chi connectivity index (χ0) is 16.1. The number of carbonyl (C=O) groups is 1. The number of carbonyl (C=O) groups excluding carboxylic acids is 1. The van der Waals surface area contributed by atoms with Gasteiger partial charge in [0.25, 0.3) is 0 Å². The van der Waals surface area contributed by atoms with Crippen LogP contribution in [0.2, 0.25) is 0 Å². The van der Waals surface area contributed by atoms with Crippen LogP contribution in [0.25, 0.3) is 0 Å². The SMILES string of the molecule is COc1ccccc1[C@@H](CC(=O)N1CCCCC1)c1ccco1. The number of ether oxygens (including phenoxy) is 1. The van der Waals surface area contributed by atoms with Crippen LogP contribution in [0.3, 0.4) is 0 Å². The van der Waals surface area contributed by atoms with Crippen molar-refractivity contribution in [1.29, 1.82) is 0 Å². The monoisotopic (exact) mass is 313 g/mol. The van der Waals surface area contributed by atoms with E-state index in [1.807, 2.05) is 41.3 Å². The average molecular weight is 313 g/mol. The van der Waals surface area contributed by atoms with Crippen LogP contribution in [0, 0.1) is 0 Å². The van der Waals surface area contributed by atoms with Gasteiger partial charge in [-0.05, 0) is 37.5 Å². The Morgan fingerprint density at radius 1 is 1.17 bits per heavy atom. The number of methoxy groups -OCH3 is 1.